The highest BCUT2D eigenvalue weighted by Gasteiger charge is 2.27. The van der Waals surface area contributed by atoms with E-state index in [0.29, 0.717) is 6.54 Å². The molecular weight excluding hydrogens is 440 g/mol. The minimum absolute atomic E-state index is 0. The zero-order valence-corrected chi connectivity index (χ0v) is 19.8. The molecule has 0 unspecified atom stereocenters. The number of rotatable bonds is 6. The van der Waals surface area contributed by atoms with Gasteiger partial charge in [0.05, 0.1) is 11.8 Å². The Morgan fingerprint density at radius 2 is 1.70 bits per heavy atom. The summed E-state index contributed by atoms with van der Waals surface area (Å²) < 4.78 is 3.79. The molecule has 0 saturated heterocycles. The molecule has 0 amide bonds. The SMILES string of the molecule is CN(C)c1ccc(/C=N/n2cc[n+](CC(=O)C(C)(C)C)c2-c2ccccc2)cc1.[Br-]. The molecule has 158 valence electrons. The van der Waals surface area contributed by atoms with Crippen LogP contribution in [0, 0.1) is 5.41 Å². The third kappa shape index (κ3) is 5.66. The van der Waals surface area contributed by atoms with Crippen LogP contribution in [-0.2, 0) is 11.3 Å². The lowest BCUT2D eigenvalue weighted by atomic mass is 9.91. The van der Waals surface area contributed by atoms with Gasteiger partial charge in [-0.25, -0.2) is 4.57 Å². The van der Waals surface area contributed by atoms with Crippen LogP contribution in [0.3, 0.4) is 0 Å². The van der Waals surface area contributed by atoms with Gasteiger partial charge in [0.1, 0.15) is 12.7 Å². The monoisotopic (exact) mass is 468 g/mol. The normalized spacial score (nSPS) is 11.4. The van der Waals surface area contributed by atoms with E-state index in [0.717, 1.165) is 22.6 Å². The first-order valence-electron chi connectivity index (χ1n) is 9.77. The van der Waals surface area contributed by atoms with E-state index in [9.17, 15) is 4.79 Å². The molecule has 0 saturated carbocycles. The van der Waals surface area contributed by atoms with Crippen molar-refractivity contribution < 1.29 is 26.3 Å². The van der Waals surface area contributed by atoms with E-state index >= 15 is 0 Å². The highest BCUT2D eigenvalue weighted by atomic mass is 79.9. The molecule has 5 nitrogen and oxygen atoms in total. The number of halogens is 1. The lowest BCUT2D eigenvalue weighted by Gasteiger charge is -2.15. The largest absolute Gasteiger partial charge is 1.00 e. The maximum atomic E-state index is 12.6. The molecule has 1 heterocycles. The molecular formula is C24H29BrN4O. The van der Waals surface area contributed by atoms with Crippen molar-refractivity contribution >= 4 is 17.7 Å². The zero-order valence-electron chi connectivity index (χ0n) is 18.2. The second kappa shape index (κ2) is 9.85. The van der Waals surface area contributed by atoms with Gasteiger partial charge in [-0.2, -0.15) is 0 Å². The molecule has 3 rings (SSSR count). The highest BCUT2D eigenvalue weighted by Crippen LogP contribution is 2.19. The van der Waals surface area contributed by atoms with Gasteiger partial charge in [0.2, 0.25) is 0 Å². The van der Waals surface area contributed by atoms with Crippen molar-refractivity contribution in [3.8, 4) is 11.4 Å². The molecule has 0 fully saturated rings. The topological polar surface area (TPSA) is 41.5 Å². The molecule has 30 heavy (non-hydrogen) atoms. The van der Waals surface area contributed by atoms with E-state index in [2.05, 4.69) is 22.1 Å². The summed E-state index contributed by atoms with van der Waals surface area (Å²) in [4.78, 5) is 14.7. The van der Waals surface area contributed by atoms with Crippen molar-refractivity contribution in [1.82, 2.24) is 4.68 Å². The third-order valence-corrected chi connectivity index (χ3v) is 4.80. The second-order valence-corrected chi connectivity index (χ2v) is 8.36. The van der Waals surface area contributed by atoms with Crippen LogP contribution in [-0.4, -0.2) is 30.8 Å². The van der Waals surface area contributed by atoms with Crippen LogP contribution in [0.25, 0.3) is 11.4 Å². The van der Waals surface area contributed by atoms with Gasteiger partial charge in [-0.15, -0.1) is 4.68 Å². The molecule has 0 atom stereocenters. The number of hydrogen-bond donors (Lipinski definition) is 0. The van der Waals surface area contributed by atoms with Crippen molar-refractivity contribution in [2.45, 2.75) is 27.3 Å². The van der Waals surface area contributed by atoms with Gasteiger partial charge in [-0.05, 0) is 29.8 Å². The molecule has 6 heteroatoms. The van der Waals surface area contributed by atoms with Crippen LogP contribution in [0.1, 0.15) is 26.3 Å². The Hall–Kier alpha value is -2.73. The average Bonchev–Trinajstić information content (AvgIpc) is 3.09. The standard InChI is InChI=1S/C24H29N4O.BrH/c1-24(2,3)22(29)18-27-15-16-28(23(27)20-9-7-6-8-10-20)25-17-19-11-13-21(14-12-19)26(4)5;/h6-17H,18H2,1-5H3;1H/q+1;/p-1/b25-17+;. The number of anilines is 1. The number of nitrogens with zero attached hydrogens (tertiary/aromatic N) is 4. The summed E-state index contributed by atoms with van der Waals surface area (Å²) in [6.07, 6.45) is 5.64. The number of hydrogen-bond acceptors (Lipinski definition) is 3. The summed E-state index contributed by atoms with van der Waals surface area (Å²) in [6, 6.07) is 18.3. The van der Waals surface area contributed by atoms with E-state index in [1.807, 2.05) is 105 Å². The fourth-order valence-corrected chi connectivity index (χ4v) is 2.90. The van der Waals surface area contributed by atoms with Crippen LogP contribution in [0.2, 0.25) is 0 Å². The summed E-state index contributed by atoms with van der Waals surface area (Å²) in [7, 11) is 4.04. The van der Waals surface area contributed by atoms with Crippen molar-refractivity contribution in [1.29, 1.82) is 0 Å². The Labute approximate surface area is 189 Å². The molecule has 2 aromatic carbocycles. The zero-order chi connectivity index (χ0) is 21.0. The molecule has 0 aliphatic rings. The van der Waals surface area contributed by atoms with Gasteiger partial charge in [0, 0.05) is 25.2 Å². The van der Waals surface area contributed by atoms with E-state index in [1.165, 1.54) is 0 Å². The van der Waals surface area contributed by atoms with Gasteiger partial charge >= 0.3 is 5.82 Å². The average molecular weight is 469 g/mol. The first-order valence-corrected chi connectivity index (χ1v) is 9.77. The maximum absolute atomic E-state index is 12.6. The Balaban J connectivity index is 0.00000320. The quantitative estimate of drug-likeness (QED) is 0.400. The summed E-state index contributed by atoms with van der Waals surface area (Å²) in [5, 5.41) is 4.66. The van der Waals surface area contributed by atoms with E-state index < -0.39 is 0 Å². The van der Waals surface area contributed by atoms with Crippen LogP contribution in [0.5, 0.6) is 0 Å². The van der Waals surface area contributed by atoms with Gasteiger partial charge in [-0.1, -0.05) is 56.2 Å². The minimum atomic E-state index is -0.388. The van der Waals surface area contributed by atoms with Gasteiger partial charge in [-0.3, -0.25) is 4.79 Å². The van der Waals surface area contributed by atoms with E-state index in [-0.39, 0.29) is 28.2 Å². The molecule has 0 bridgehead atoms. The Bertz CT molecular complexity index is 1000. The Morgan fingerprint density at radius 3 is 2.27 bits per heavy atom. The van der Waals surface area contributed by atoms with Crippen LogP contribution < -0.4 is 26.4 Å². The fraction of sp³-hybridized carbons (Fsp3) is 0.292. The predicted octanol–water partition coefficient (Wildman–Crippen LogP) is 1.01. The smallest absolute Gasteiger partial charge is 0.314 e. The second-order valence-electron chi connectivity index (χ2n) is 8.36. The van der Waals surface area contributed by atoms with Gasteiger partial charge < -0.3 is 21.9 Å². The van der Waals surface area contributed by atoms with Gasteiger partial charge in [0.25, 0.3) is 0 Å². The van der Waals surface area contributed by atoms with Crippen LogP contribution in [0.4, 0.5) is 5.69 Å². The fourth-order valence-electron chi connectivity index (χ4n) is 2.90. The summed E-state index contributed by atoms with van der Waals surface area (Å²) in [6.45, 7) is 6.16. The lowest BCUT2D eigenvalue weighted by Crippen LogP contribution is -3.00. The molecule has 0 spiro atoms. The van der Waals surface area contributed by atoms with E-state index in [4.69, 9.17) is 0 Å². The Morgan fingerprint density at radius 1 is 1.07 bits per heavy atom. The molecule has 0 N–H and O–H groups in total. The number of imidazole rings is 1. The number of ketones is 1. The number of benzene rings is 2. The summed E-state index contributed by atoms with van der Waals surface area (Å²) >= 11 is 0. The number of Topliss-reactive ketones (excluding diaryl/α,β-unsaturated/α-hetero) is 1. The number of carbonyl (C=O) groups excluding carboxylic acids is 1. The molecule has 0 radical (unpaired) electrons. The van der Waals surface area contributed by atoms with Crippen molar-refractivity contribution in [3.05, 3.63) is 72.6 Å². The van der Waals surface area contributed by atoms with Crippen LogP contribution in [0.15, 0.2) is 72.1 Å². The Kier molecular flexibility index (Phi) is 7.73. The summed E-state index contributed by atoms with van der Waals surface area (Å²) in [5.74, 6) is 1.06. The molecule has 0 aliphatic heterocycles. The first kappa shape index (κ1) is 23.5. The van der Waals surface area contributed by atoms with Crippen LogP contribution >= 0.6 is 0 Å². The van der Waals surface area contributed by atoms with E-state index in [1.54, 1.807) is 0 Å². The lowest BCUT2D eigenvalue weighted by molar-refractivity contribution is -0.673. The highest BCUT2D eigenvalue weighted by molar-refractivity contribution is 5.82. The number of carbonyl (C=O) groups is 1. The first-order chi connectivity index (χ1) is 13.8. The predicted molar refractivity (Wildman–Crippen MR) is 118 cm³/mol. The van der Waals surface area contributed by atoms with Gasteiger partial charge in [0.15, 0.2) is 12.0 Å². The minimum Gasteiger partial charge on any atom is -1.00 e. The van der Waals surface area contributed by atoms with Crippen molar-refractivity contribution in [2.24, 2.45) is 10.5 Å². The summed E-state index contributed by atoms with van der Waals surface area (Å²) in [5.41, 5.74) is 2.78. The van der Waals surface area contributed by atoms with Crippen molar-refractivity contribution in [2.75, 3.05) is 19.0 Å². The third-order valence-electron chi connectivity index (χ3n) is 4.80. The maximum Gasteiger partial charge on any atom is 0.314 e. The number of aromatic nitrogens is 2. The molecule has 3 aromatic rings. The van der Waals surface area contributed by atoms with Crippen molar-refractivity contribution in [3.63, 3.8) is 0 Å². The molecule has 0 aliphatic carbocycles. The molecule has 1 aromatic heterocycles.